The van der Waals surface area contributed by atoms with Crippen molar-refractivity contribution >= 4 is 165 Å². The van der Waals surface area contributed by atoms with E-state index in [1.165, 1.54) is 54.7 Å². The topological polar surface area (TPSA) is 756 Å². The number of nitrogens with one attached hydrogen (secondary N) is 17. The van der Waals surface area contributed by atoms with Gasteiger partial charge >= 0.3 is 0 Å². The molecule has 4 aromatic carbocycles. The molecule has 0 fully saturated rings. The number of ether oxygens (including phenoxy) is 1. The first kappa shape index (κ1) is 111. The predicted molar refractivity (Wildman–Crippen MR) is 499 cm³/mol. The molecule has 0 radical (unpaired) electrons. The molecule has 0 unspecified atom stereocenters. The molecule has 5 rings (SSSR count). The highest BCUT2D eigenvalue weighted by Gasteiger charge is 2.44. The average Bonchev–Trinajstić information content (AvgIpc) is 1.68. The van der Waals surface area contributed by atoms with Crippen molar-refractivity contribution in [2.75, 3.05) is 26.2 Å². The van der Waals surface area contributed by atoms with Gasteiger partial charge in [-0.2, -0.15) is 25.3 Å². The normalized spacial score (nSPS) is 14.3. The van der Waals surface area contributed by atoms with Gasteiger partial charge in [0.1, 0.15) is 90.4 Å². The number of guanidine groups is 1. The molecule has 1 aromatic heterocycles. The second kappa shape index (κ2) is 52.5. The molecule has 19 amide bonds. The molecule has 0 spiro atoms. The molecule has 0 aliphatic rings. The SMILES string of the molecule is CC(=O)NCCCC[C@H](NC(=O)C(C)(C)NC(=O)[C@H](Cc1ccc2ccccc2c1)NC(=O)[C@H](Cc1ccc(OCCN)cc1)NC(=O)[C@@H](NC(=O)[C@H](CCC(N)=O)NC(=O)[C@H](Cc1c[nH]c2ccccc12)NC(=O)[C@@H](NC(=O)[C@H](CCC(N)=O)NC(=O)[C@@H](NC(=O)[C@H](CCCNC(=N)N)NC(C)=O)C(C)(C)S)[C@@H](C)O)C(C)(C)S)C(=O)N[C@@H](CC(N)=O)C(=O)N[C@@H](CC(N)=O)C(N)=O. The average molecular weight is 1910 g/mol. The van der Waals surface area contributed by atoms with Crippen LogP contribution in [0.3, 0.4) is 0 Å². The third-order valence-corrected chi connectivity index (χ3v) is 21.4. The molecule has 0 aliphatic carbocycles. The molecule has 134 heavy (non-hydrogen) atoms. The van der Waals surface area contributed by atoms with E-state index in [9.17, 15) is 72.2 Å². The molecule has 0 aliphatic heterocycles. The number of unbranched alkanes of at least 4 members (excludes halogenated alkanes) is 1. The van der Waals surface area contributed by atoms with Crippen LogP contribution in [0.1, 0.15) is 150 Å². The van der Waals surface area contributed by atoms with Crippen molar-refractivity contribution in [3.63, 3.8) is 0 Å². The van der Waals surface area contributed by atoms with Gasteiger partial charge in [0.05, 0.1) is 18.9 Å². The van der Waals surface area contributed by atoms with E-state index >= 15 is 24.0 Å². The van der Waals surface area contributed by atoms with Gasteiger partial charge in [0.2, 0.25) is 112 Å². The van der Waals surface area contributed by atoms with Crippen molar-refractivity contribution in [1.82, 2.24) is 84.7 Å². The van der Waals surface area contributed by atoms with Crippen LogP contribution in [0.25, 0.3) is 21.7 Å². The molecule has 1 heterocycles. The van der Waals surface area contributed by atoms with E-state index in [1.54, 1.807) is 84.9 Å². The van der Waals surface area contributed by atoms with Gasteiger partial charge < -0.3 is 135 Å². The minimum Gasteiger partial charge on any atom is -0.492 e. The first-order valence-corrected chi connectivity index (χ1v) is 43.9. The van der Waals surface area contributed by atoms with E-state index in [4.69, 9.17) is 62.9 Å². The maximum atomic E-state index is 15.5. The standard InChI is InChI=1S/C87H126N24O21S2/c1-44(112)68(108-73(121)57(29-31-64(89)115)101-81(129)69(86(6,7)133)109-74(122)55(99-46(3)114)22-16-35-97-84(94)95)80(128)105-62(40-51-43-98-54-20-13-12-19-53(51)54)77(125)100-58(30-32-65(90)116)75(123)110-70(87(8,9)134)82(130)106-60(38-47-24-27-52(28-25-47)132-36-33-88)76(124)103-61(39-48-23-26-49-17-10-11-18-50(49)37-48)79(127)111-85(4,5)83(131)107-56(21-14-15-34-96-45(2)113)72(120)104-63(42-67(92)118)78(126)102-59(71(93)119)41-66(91)117/h10-13,17-20,23-28,37,43-44,55-63,68-70,98,112,133-134H,14-16,21-22,29-36,38-42,88H2,1-9H3,(H2,89,115)(H2,90,116)(H2,91,117)(H2,92,118)(H2,93,119)(H,96,113)(H,99,114)(H,100,125)(H,101,129)(H,102,126)(H,103,124)(H,104,120)(H,105,128)(H,106,130)(H,107,131)(H,108,121)(H,109,122)(H,110,123)(H,111,127)(H4,94,95,97)/t44-,55+,56+,57+,58+,59+,60+,61+,62+,63+,68+,69-,70-/m1/s1. The van der Waals surface area contributed by atoms with Gasteiger partial charge in [-0.3, -0.25) is 96.5 Å². The summed E-state index contributed by atoms with van der Waals surface area (Å²) < 4.78 is 2.62. The number of amides is 19. The molecule has 732 valence electrons. The first-order chi connectivity index (χ1) is 62.8. The van der Waals surface area contributed by atoms with E-state index < -0.39 is 245 Å². The Morgan fingerprint density at radius 3 is 1.42 bits per heavy atom. The Balaban J connectivity index is 1.53. The number of fused-ring (bicyclic) bond motifs is 2. The van der Waals surface area contributed by atoms with Crippen LogP contribution in [-0.4, -0.2) is 248 Å². The maximum Gasteiger partial charge on any atom is 0.245 e. The molecule has 5 aromatic rings. The Labute approximate surface area is 784 Å². The lowest BCUT2D eigenvalue weighted by molar-refractivity contribution is -0.138. The van der Waals surface area contributed by atoms with Gasteiger partial charge in [0.25, 0.3) is 0 Å². The number of para-hydroxylation sites is 1. The van der Waals surface area contributed by atoms with Crippen molar-refractivity contribution in [2.24, 2.45) is 40.1 Å². The number of rotatable bonds is 57. The van der Waals surface area contributed by atoms with Gasteiger partial charge in [0, 0.05) is 92.2 Å². The van der Waals surface area contributed by atoms with Crippen molar-refractivity contribution in [3.8, 4) is 5.75 Å². The van der Waals surface area contributed by atoms with Crippen LogP contribution in [0.15, 0.2) is 97.2 Å². The number of primary amides is 5. The number of aromatic nitrogens is 1. The number of aliphatic hydroxyl groups excluding tert-OH is 1. The lowest BCUT2D eigenvalue weighted by atomic mass is 9.97. The van der Waals surface area contributed by atoms with E-state index in [2.05, 4.69) is 97.4 Å². The highest BCUT2D eigenvalue weighted by molar-refractivity contribution is 7.82. The summed E-state index contributed by atoms with van der Waals surface area (Å²) in [5.41, 5.74) is 38.1. The number of thiol groups is 2. The minimum atomic E-state index is -2.05. The largest absolute Gasteiger partial charge is 0.492 e. The van der Waals surface area contributed by atoms with Crippen LogP contribution in [0.4, 0.5) is 0 Å². The summed E-state index contributed by atoms with van der Waals surface area (Å²) in [6.07, 6.45) is -5.07. The number of aliphatic hydroxyl groups is 1. The molecule has 0 saturated heterocycles. The number of hydrogen-bond donors (Lipinski definition) is 27. The monoisotopic (exact) mass is 1910 g/mol. The molecule has 45 nitrogen and oxygen atoms in total. The Bertz CT molecular complexity index is 5060. The number of benzene rings is 4. The molecule has 0 bridgehead atoms. The zero-order valence-corrected chi connectivity index (χ0v) is 77.8. The zero-order valence-electron chi connectivity index (χ0n) is 76.0. The van der Waals surface area contributed by atoms with Crippen molar-refractivity contribution in [2.45, 2.75) is 246 Å². The van der Waals surface area contributed by atoms with E-state index in [0.29, 0.717) is 38.7 Å². The maximum absolute atomic E-state index is 15.5. The smallest absolute Gasteiger partial charge is 0.245 e. The van der Waals surface area contributed by atoms with Gasteiger partial charge in [-0.25, -0.2) is 0 Å². The first-order valence-electron chi connectivity index (χ1n) is 43.0. The summed E-state index contributed by atoms with van der Waals surface area (Å²) in [7, 11) is 0. The summed E-state index contributed by atoms with van der Waals surface area (Å²) in [4.78, 5) is 266. The molecule has 32 N–H and O–H groups in total. The third kappa shape index (κ3) is 37.5. The minimum absolute atomic E-state index is 0.00959. The Morgan fingerprint density at radius 2 is 0.881 bits per heavy atom. The Hall–Kier alpha value is -13.7. The van der Waals surface area contributed by atoms with Crippen LogP contribution >= 0.6 is 25.3 Å². The lowest BCUT2D eigenvalue weighted by Crippen LogP contribution is -2.65. The summed E-state index contributed by atoms with van der Waals surface area (Å²) >= 11 is 9.29. The summed E-state index contributed by atoms with van der Waals surface area (Å²) in [5, 5.41) is 58.7. The highest BCUT2D eigenvalue weighted by Crippen LogP contribution is 2.25. The fraction of sp³-hybridized carbons (Fsp3) is 0.494. The van der Waals surface area contributed by atoms with Crippen LogP contribution < -0.4 is 125 Å². The van der Waals surface area contributed by atoms with Crippen LogP contribution in [0, 0.1) is 5.41 Å². The van der Waals surface area contributed by atoms with E-state index in [-0.39, 0.29) is 83.1 Å². The predicted octanol–water partition coefficient (Wildman–Crippen LogP) is -5.45. The summed E-state index contributed by atoms with van der Waals surface area (Å²) in [6, 6.07) is 4.69. The molecule has 47 heteroatoms. The third-order valence-electron chi connectivity index (χ3n) is 20.9. The molecule has 0 saturated carbocycles. The van der Waals surface area contributed by atoms with Gasteiger partial charge in [-0.15, -0.1) is 0 Å². The number of hydrogen-bond acceptors (Lipinski definition) is 25. The van der Waals surface area contributed by atoms with Gasteiger partial charge in [-0.1, -0.05) is 72.8 Å². The number of nitrogens with two attached hydrogens (primary N) is 7. The van der Waals surface area contributed by atoms with Gasteiger partial charge in [-0.05, 0) is 139 Å². The molecular formula is C87H126N24O21S2. The van der Waals surface area contributed by atoms with Crippen molar-refractivity contribution in [3.05, 3.63) is 114 Å². The van der Waals surface area contributed by atoms with E-state index in [0.717, 1.165) is 19.2 Å². The fourth-order valence-corrected chi connectivity index (χ4v) is 14.2. The number of H-pyrrole nitrogens is 1. The van der Waals surface area contributed by atoms with Crippen molar-refractivity contribution < 1.29 is 101 Å². The second-order valence-electron chi connectivity index (χ2n) is 33.9. The van der Waals surface area contributed by atoms with Crippen molar-refractivity contribution in [1.29, 1.82) is 5.41 Å². The van der Waals surface area contributed by atoms with Crippen LogP contribution in [0.2, 0.25) is 0 Å². The highest BCUT2D eigenvalue weighted by atomic mass is 32.1. The number of carbonyl (C=O) groups excluding carboxylic acids is 19. The van der Waals surface area contributed by atoms with Gasteiger partial charge in [0.15, 0.2) is 5.96 Å². The van der Waals surface area contributed by atoms with E-state index in [1.807, 2.05) is 6.07 Å². The summed E-state index contributed by atoms with van der Waals surface area (Å²) in [6.45, 7) is 12.2. The Morgan fingerprint density at radius 1 is 0.440 bits per heavy atom. The van der Waals surface area contributed by atoms with Crippen LogP contribution in [0.5, 0.6) is 5.75 Å². The Kier molecular flexibility index (Phi) is 43.4. The lowest BCUT2D eigenvalue weighted by Gasteiger charge is -2.33. The molecule has 13 atom stereocenters. The van der Waals surface area contributed by atoms with Crippen LogP contribution in [-0.2, 0) is 110 Å². The quantitative estimate of drug-likeness (QED) is 0.00747. The fourth-order valence-electron chi connectivity index (χ4n) is 13.8. The number of carbonyl (C=O) groups is 19. The summed E-state index contributed by atoms with van der Waals surface area (Å²) in [5.74, 6) is -19.5. The number of aromatic amines is 1. The molecular weight excluding hydrogens is 1780 g/mol. The second-order valence-corrected chi connectivity index (χ2v) is 36.2. The zero-order chi connectivity index (χ0) is 100.